The Hall–Kier alpha value is -2.62. The summed E-state index contributed by atoms with van der Waals surface area (Å²) in [5.74, 6) is 0.0483. The highest BCUT2D eigenvalue weighted by Gasteiger charge is 2.12. The zero-order valence-electron chi connectivity index (χ0n) is 11.9. The van der Waals surface area contributed by atoms with Gasteiger partial charge in [-0.15, -0.1) is 0 Å². The lowest BCUT2D eigenvalue weighted by Gasteiger charge is -2.17. The standard InChI is InChI=1S/C17H17N3O/c1-20(11-7-13-4-8-18-9-5-13)17(21)15-2-3-16-14(12-15)6-10-19-16/h2-6,8-10,12,19H,7,11H2,1H3. The van der Waals surface area contributed by atoms with Crippen LogP contribution in [-0.2, 0) is 6.42 Å². The predicted molar refractivity (Wildman–Crippen MR) is 83.2 cm³/mol. The van der Waals surface area contributed by atoms with Crippen LogP contribution in [0.25, 0.3) is 10.9 Å². The molecule has 0 bridgehead atoms. The van der Waals surface area contributed by atoms with E-state index in [-0.39, 0.29) is 5.91 Å². The molecule has 3 rings (SSSR count). The van der Waals surface area contributed by atoms with E-state index < -0.39 is 0 Å². The van der Waals surface area contributed by atoms with Crippen molar-refractivity contribution in [3.63, 3.8) is 0 Å². The summed E-state index contributed by atoms with van der Waals surface area (Å²) >= 11 is 0. The number of carbonyl (C=O) groups is 1. The second-order valence-corrected chi connectivity index (χ2v) is 5.11. The number of rotatable bonds is 4. The number of aromatic amines is 1. The van der Waals surface area contributed by atoms with Gasteiger partial charge in [0.05, 0.1) is 0 Å². The van der Waals surface area contributed by atoms with Crippen molar-refractivity contribution in [1.82, 2.24) is 14.9 Å². The molecule has 0 aliphatic carbocycles. The Bertz CT molecular complexity index is 749. The van der Waals surface area contributed by atoms with E-state index >= 15 is 0 Å². The molecule has 0 aliphatic rings. The first-order valence-electron chi connectivity index (χ1n) is 6.95. The molecule has 0 aliphatic heterocycles. The maximum Gasteiger partial charge on any atom is 0.253 e. The number of hydrogen-bond acceptors (Lipinski definition) is 2. The zero-order chi connectivity index (χ0) is 14.7. The van der Waals surface area contributed by atoms with Crippen molar-refractivity contribution in [3.05, 3.63) is 66.1 Å². The fourth-order valence-corrected chi connectivity index (χ4v) is 2.35. The van der Waals surface area contributed by atoms with Crippen molar-refractivity contribution < 1.29 is 4.79 Å². The van der Waals surface area contributed by atoms with E-state index in [9.17, 15) is 4.79 Å². The van der Waals surface area contributed by atoms with Gasteiger partial charge in [0.15, 0.2) is 0 Å². The molecule has 1 N–H and O–H groups in total. The number of hydrogen-bond donors (Lipinski definition) is 1. The van der Waals surface area contributed by atoms with Gasteiger partial charge in [0.2, 0.25) is 0 Å². The van der Waals surface area contributed by atoms with Crippen LogP contribution in [0.3, 0.4) is 0 Å². The molecule has 2 aromatic heterocycles. The molecule has 21 heavy (non-hydrogen) atoms. The summed E-state index contributed by atoms with van der Waals surface area (Å²) in [6.45, 7) is 0.689. The van der Waals surface area contributed by atoms with Crippen molar-refractivity contribution in [3.8, 4) is 0 Å². The van der Waals surface area contributed by atoms with E-state index in [0.29, 0.717) is 6.54 Å². The smallest absolute Gasteiger partial charge is 0.253 e. The monoisotopic (exact) mass is 279 g/mol. The molecule has 2 heterocycles. The van der Waals surface area contributed by atoms with E-state index in [0.717, 1.165) is 22.9 Å². The van der Waals surface area contributed by atoms with Gasteiger partial charge in [0.1, 0.15) is 0 Å². The van der Waals surface area contributed by atoms with Gasteiger partial charge in [0.25, 0.3) is 5.91 Å². The van der Waals surface area contributed by atoms with Gasteiger partial charge >= 0.3 is 0 Å². The second kappa shape index (κ2) is 5.79. The van der Waals surface area contributed by atoms with Crippen molar-refractivity contribution in [2.45, 2.75) is 6.42 Å². The molecule has 4 nitrogen and oxygen atoms in total. The van der Waals surface area contributed by atoms with Crippen LogP contribution in [-0.4, -0.2) is 34.4 Å². The highest BCUT2D eigenvalue weighted by Crippen LogP contribution is 2.15. The zero-order valence-corrected chi connectivity index (χ0v) is 11.9. The fourth-order valence-electron chi connectivity index (χ4n) is 2.35. The lowest BCUT2D eigenvalue weighted by molar-refractivity contribution is 0.0797. The van der Waals surface area contributed by atoms with Crippen LogP contribution in [0.4, 0.5) is 0 Å². The van der Waals surface area contributed by atoms with Crippen LogP contribution in [0.5, 0.6) is 0 Å². The number of aromatic nitrogens is 2. The van der Waals surface area contributed by atoms with Gasteiger partial charge < -0.3 is 9.88 Å². The first-order valence-corrected chi connectivity index (χ1v) is 6.95. The molecule has 0 radical (unpaired) electrons. The van der Waals surface area contributed by atoms with Crippen LogP contribution in [0, 0.1) is 0 Å². The minimum atomic E-state index is 0.0483. The van der Waals surface area contributed by atoms with Gasteiger partial charge in [-0.05, 0) is 48.4 Å². The average Bonchev–Trinajstić information content (AvgIpc) is 3.00. The van der Waals surface area contributed by atoms with Gasteiger partial charge in [-0.1, -0.05) is 0 Å². The van der Waals surface area contributed by atoms with Crippen LogP contribution >= 0.6 is 0 Å². The summed E-state index contributed by atoms with van der Waals surface area (Å²) in [7, 11) is 1.84. The average molecular weight is 279 g/mol. The lowest BCUT2D eigenvalue weighted by atomic mass is 10.1. The Labute approximate surface area is 123 Å². The number of fused-ring (bicyclic) bond motifs is 1. The Kier molecular flexibility index (Phi) is 3.69. The molecule has 0 spiro atoms. The van der Waals surface area contributed by atoms with E-state index in [4.69, 9.17) is 0 Å². The fraction of sp³-hybridized carbons (Fsp3) is 0.176. The highest BCUT2D eigenvalue weighted by molar-refractivity contribution is 5.97. The lowest BCUT2D eigenvalue weighted by Crippen LogP contribution is -2.28. The van der Waals surface area contributed by atoms with Crippen LogP contribution in [0.2, 0.25) is 0 Å². The first kappa shape index (κ1) is 13.4. The molecular formula is C17H17N3O. The van der Waals surface area contributed by atoms with Crippen molar-refractivity contribution in [2.75, 3.05) is 13.6 Å². The Balaban J connectivity index is 1.69. The molecule has 0 unspecified atom stereocenters. The Morgan fingerprint density at radius 1 is 1.19 bits per heavy atom. The van der Waals surface area contributed by atoms with E-state index in [2.05, 4.69) is 9.97 Å². The Morgan fingerprint density at radius 3 is 2.81 bits per heavy atom. The molecule has 1 aromatic carbocycles. The van der Waals surface area contributed by atoms with Crippen LogP contribution in [0.15, 0.2) is 55.0 Å². The molecular weight excluding hydrogens is 262 g/mol. The minimum Gasteiger partial charge on any atom is -0.361 e. The first-order chi connectivity index (χ1) is 10.2. The third-order valence-corrected chi connectivity index (χ3v) is 3.63. The number of carbonyl (C=O) groups excluding carboxylic acids is 1. The summed E-state index contributed by atoms with van der Waals surface area (Å²) in [5.41, 5.74) is 2.95. The molecule has 0 saturated heterocycles. The van der Waals surface area contributed by atoms with E-state index in [1.807, 2.05) is 49.6 Å². The van der Waals surface area contributed by atoms with Gasteiger partial charge in [0, 0.05) is 48.6 Å². The molecule has 3 aromatic rings. The summed E-state index contributed by atoms with van der Waals surface area (Å²) in [6.07, 6.45) is 6.26. The molecule has 106 valence electrons. The SMILES string of the molecule is CN(CCc1ccncc1)C(=O)c1ccc2[nH]ccc2c1. The largest absolute Gasteiger partial charge is 0.361 e. The Morgan fingerprint density at radius 2 is 2.00 bits per heavy atom. The highest BCUT2D eigenvalue weighted by atomic mass is 16.2. The third-order valence-electron chi connectivity index (χ3n) is 3.63. The van der Waals surface area contributed by atoms with Crippen LogP contribution < -0.4 is 0 Å². The van der Waals surface area contributed by atoms with E-state index in [1.54, 1.807) is 17.3 Å². The third kappa shape index (κ3) is 2.94. The number of H-pyrrole nitrogens is 1. The van der Waals surface area contributed by atoms with Crippen LogP contribution in [0.1, 0.15) is 15.9 Å². The molecule has 0 fully saturated rings. The number of nitrogens with zero attached hydrogens (tertiary/aromatic N) is 2. The van der Waals surface area contributed by atoms with Crippen molar-refractivity contribution in [1.29, 1.82) is 0 Å². The molecule has 1 amide bonds. The van der Waals surface area contributed by atoms with E-state index in [1.165, 1.54) is 5.56 Å². The number of nitrogens with one attached hydrogen (secondary N) is 1. The van der Waals surface area contributed by atoms with Gasteiger partial charge in [-0.3, -0.25) is 9.78 Å². The molecule has 4 heteroatoms. The quantitative estimate of drug-likeness (QED) is 0.798. The maximum absolute atomic E-state index is 12.4. The summed E-state index contributed by atoms with van der Waals surface area (Å²) in [4.78, 5) is 21.3. The van der Waals surface area contributed by atoms with Crippen molar-refractivity contribution in [2.24, 2.45) is 0 Å². The summed E-state index contributed by atoms with van der Waals surface area (Å²) < 4.78 is 0. The summed E-state index contributed by atoms with van der Waals surface area (Å²) in [5, 5.41) is 1.06. The van der Waals surface area contributed by atoms with Gasteiger partial charge in [-0.2, -0.15) is 0 Å². The number of benzene rings is 1. The second-order valence-electron chi connectivity index (χ2n) is 5.11. The summed E-state index contributed by atoms with van der Waals surface area (Å²) in [6, 6.07) is 11.7. The van der Waals surface area contributed by atoms with Crippen molar-refractivity contribution >= 4 is 16.8 Å². The molecule has 0 atom stereocenters. The normalized spacial score (nSPS) is 10.7. The minimum absolute atomic E-state index is 0.0483. The predicted octanol–water partition coefficient (Wildman–Crippen LogP) is 2.88. The van der Waals surface area contributed by atoms with Gasteiger partial charge in [-0.25, -0.2) is 0 Å². The maximum atomic E-state index is 12.4. The number of likely N-dealkylation sites (N-methyl/N-ethyl adjacent to an activating group) is 1. The topological polar surface area (TPSA) is 49.0 Å². The number of amides is 1. The molecule has 0 saturated carbocycles. The number of pyridine rings is 1.